The standard InChI is InChI=1S/C25H24ClFN4O2/c26-18-12-16-17-13-21-24(32)30(11-10-29-8-4-5-9-29)25(33)31(21)23(15-6-2-1-3-7-15)22(17)28-20(16)14-19(18)27/h1-3,6-7,12,14,21,23,28H,4-5,8-11,13H2. The van der Waals surface area contributed by atoms with Gasteiger partial charge in [-0.05, 0) is 49.2 Å². The van der Waals surface area contributed by atoms with Gasteiger partial charge in [0.1, 0.15) is 17.9 Å². The second-order valence-electron chi connectivity index (χ2n) is 9.09. The van der Waals surface area contributed by atoms with Crippen LogP contribution in [0.25, 0.3) is 10.9 Å². The number of hydrogen-bond acceptors (Lipinski definition) is 3. The van der Waals surface area contributed by atoms with E-state index in [1.807, 2.05) is 30.3 Å². The lowest BCUT2D eigenvalue weighted by atomic mass is 9.89. The predicted octanol–water partition coefficient (Wildman–Crippen LogP) is 4.33. The first-order valence-corrected chi connectivity index (χ1v) is 11.8. The number of nitrogens with one attached hydrogen (secondary N) is 1. The van der Waals surface area contributed by atoms with Crippen molar-refractivity contribution in [2.75, 3.05) is 26.2 Å². The average Bonchev–Trinajstić information content (AvgIpc) is 3.51. The highest BCUT2D eigenvalue weighted by molar-refractivity contribution is 6.31. The minimum Gasteiger partial charge on any atom is -0.356 e. The number of aromatic amines is 1. The molecule has 33 heavy (non-hydrogen) atoms. The summed E-state index contributed by atoms with van der Waals surface area (Å²) in [6.45, 7) is 3.14. The first-order valence-electron chi connectivity index (χ1n) is 11.4. The fourth-order valence-electron chi connectivity index (χ4n) is 5.61. The molecule has 0 radical (unpaired) electrons. The summed E-state index contributed by atoms with van der Waals surface area (Å²) in [4.78, 5) is 35.8. The van der Waals surface area contributed by atoms with Gasteiger partial charge in [0.05, 0.1) is 5.02 Å². The maximum atomic E-state index is 14.2. The molecule has 1 aromatic heterocycles. The number of halogens is 2. The Hall–Kier alpha value is -2.90. The lowest BCUT2D eigenvalue weighted by molar-refractivity contribution is -0.128. The lowest BCUT2D eigenvalue weighted by Crippen LogP contribution is -2.44. The summed E-state index contributed by atoms with van der Waals surface area (Å²) >= 11 is 6.10. The van der Waals surface area contributed by atoms with E-state index in [1.165, 1.54) is 11.0 Å². The number of imide groups is 1. The van der Waals surface area contributed by atoms with Crippen molar-refractivity contribution in [3.8, 4) is 0 Å². The second kappa shape index (κ2) is 7.85. The van der Waals surface area contributed by atoms with Crippen molar-refractivity contribution in [1.29, 1.82) is 0 Å². The Kier molecular flexibility index (Phi) is 4.92. The molecule has 2 atom stereocenters. The van der Waals surface area contributed by atoms with Crippen LogP contribution in [0.15, 0.2) is 42.5 Å². The van der Waals surface area contributed by atoms with Gasteiger partial charge in [0.2, 0.25) is 0 Å². The van der Waals surface area contributed by atoms with Gasteiger partial charge in [-0.2, -0.15) is 0 Å². The number of urea groups is 1. The zero-order valence-corrected chi connectivity index (χ0v) is 18.8. The summed E-state index contributed by atoms with van der Waals surface area (Å²) in [5.41, 5.74) is 3.26. The smallest absolute Gasteiger partial charge is 0.328 e. The third-order valence-electron chi connectivity index (χ3n) is 7.22. The van der Waals surface area contributed by atoms with Gasteiger partial charge in [0.15, 0.2) is 0 Å². The van der Waals surface area contributed by atoms with Gasteiger partial charge < -0.3 is 9.88 Å². The topological polar surface area (TPSA) is 59.7 Å². The summed E-state index contributed by atoms with van der Waals surface area (Å²) in [6, 6.07) is 11.4. The summed E-state index contributed by atoms with van der Waals surface area (Å²) in [5, 5.41) is 0.844. The number of benzene rings is 2. The third-order valence-corrected chi connectivity index (χ3v) is 7.51. The largest absolute Gasteiger partial charge is 0.356 e. The highest BCUT2D eigenvalue weighted by Gasteiger charge is 2.52. The van der Waals surface area contributed by atoms with Crippen molar-refractivity contribution in [1.82, 2.24) is 19.7 Å². The number of nitrogens with zero attached hydrogens (tertiary/aromatic N) is 3. The SMILES string of the molecule is O=C1C2Cc3c([nH]c4cc(F)c(Cl)cc34)C(c3ccccc3)N2C(=O)N1CCN1CCCC1. The van der Waals surface area contributed by atoms with Gasteiger partial charge in [-0.3, -0.25) is 14.6 Å². The van der Waals surface area contributed by atoms with Gasteiger partial charge in [-0.1, -0.05) is 41.9 Å². The maximum absolute atomic E-state index is 14.2. The molecule has 0 aliphatic carbocycles. The van der Waals surface area contributed by atoms with Crippen LogP contribution < -0.4 is 0 Å². The fourth-order valence-corrected chi connectivity index (χ4v) is 5.77. The van der Waals surface area contributed by atoms with Crippen LogP contribution in [0, 0.1) is 5.82 Å². The van der Waals surface area contributed by atoms with Gasteiger partial charge in [-0.15, -0.1) is 0 Å². The fraction of sp³-hybridized carbons (Fsp3) is 0.360. The summed E-state index contributed by atoms with van der Waals surface area (Å²) in [7, 11) is 0. The van der Waals surface area contributed by atoms with Crippen LogP contribution in [-0.2, 0) is 11.2 Å². The zero-order valence-electron chi connectivity index (χ0n) is 18.1. The Labute approximate surface area is 195 Å². The first-order chi connectivity index (χ1) is 16.0. The van der Waals surface area contributed by atoms with Gasteiger partial charge in [-0.25, -0.2) is 9.18 Å². The molecule has 2 aromatic carbocycles. The molecule has 3 aliphatic rings. The van der Waals surface area contributed by atoms with Gasteiger partial charge in [0, 0.05) is 36.1 Å². The maximum Gasteiger partial charge on any atom is 0.328 e. The number of carbonyl (C=O) groups is 2. The van der Waals surface area contributed by atoms with Crippen LogP contribution in [0.5, 0.6) is 0 Å². The molecule has 2 unspecified atom stereocenters. The van der Waals surface area contributed by atoms with Crippen LogP contribution in [0.3, 0.4) is 0 Å². The number of carbonyl (C=O) groups excluding carboxylic acids is 2. The van der Waals surface area contributed by atoms with E-state index in [-0.39, 0.29) is 17.0 Å². The third kappa shape index (κ3) is 3.25. The molecule has 3 amide bonds. The van der Waals surface area contributed by atoms with Crippen LogP contribution in [0.4, 0.5) is 9.18 Å². The molecule has 170 valence electrons. The highest BCUT2D eigenvalue weighted by Crippen LogP contribution is 2.44. The first kappa shape index (κ1) is 20.7. The van der Waals surface area contributed by atoms with Crippen LogP contribution in [0.2, 0.25) is 5.02 Å². The number of rotatable bonds is 4. The van der Waals surface area contributed by atoms with Crippen LogP contribution in [-0.4, -0.2) is 63.8 Å². The zero-order chi connectivity index (χ0) is 22.7. The predicted molar refractivity (Wildman–Crippen MR) is 124 cm³/mol. The monoisotopic (exact) mass is 466 g/mol. The van der Waals surface area contributed by atoms with Crippen LogP contribution >= 0.6 is 11.6 Å². The van der Waals surface area contributed by atoms with E-state index in [4.69, 9.17) is 11.6 Å². The van der Waals surface area contributed by atoms with E-state index in [9.17, 15) is 14.0 Å². The Bertz CT molecular complexity index is 1250. The van der Waals surface area contributed by atoms with Crippen LogP contribution in [0.1, 0.15) is 35.7 Å². The molecular weight excluding hydrogens is 443 g/mol. The molecule has 2 saturated heterocycles. The second-order valence-corrected chi connectivity index (χ2v) is 9.50. The molecule has 3 aliphatic heterocycles. The summed E-state index contributed by atoms with van der Waals surface area (Å²) in [6.07, 6.45) is 2.71. The molecule has 6 nitrogen and oxygen atoms in total. The molecule has 0 bridgehead atoms. The minimum atomic E-state index is -0.586. The molecule has 1 N–H and O–H groups in total. The Balaban J connectivity index is 1.43. The number of amides is 3. The molecule has 6 rings (SSSR count). The van der Waals surface area contributed by atoms with Gasteiger partial charge >= 0.3 is 6.03 Å². The van der Waals surface area contributed by atoms with E-state index in [0.29, 0.717) is 25.0 Å². The number of H-pyrrole nitrogens is 1. The van der Waals surface area contributed by atoms with Crippen molar-refractivity contribution in [3.05, 3.63) is 70.1 Å². The molecule has 8 heteroatoms. The van der Waals surface area contributed by atoms with E-state index in [2.05, 4.69) is 9.88 Å². The Morgan fingerprint density at radius 3 is 2.58 bits per heavy atom. The van der Waals surface area contributed by atoms with E-state index >= 15 is 0 Å². The van der Waals surface area contributed by atoms with E-state index in [1.54, 1.807) is 11.0 Å². The van der Waals surface area contributed by atoms with Crippen molar-refractivity contribution < 1.29 is 14.0 Å². The summed E-state index contributed by atoms with van der Waals surface area (Å²) in [5.74, 6) is -0.659. The number of likely N-dealkylation sites (tertiary alicyclic amines) is 1. The number of hydrogen-bond donors (Lipinski definition) is 1. The molecule has 3 aromatic rings. The Morgan fingerprint density at radius 2 is 1.82 bits per heavy atom. The van der Waals surface area contributed by atoms with E-state index in [0.717, 1.165) is 48.1 Å². The highest BCUT2D eigenvalue weighted by atomic mass is 35.5. The number of fused-ring (bicyclic) bond motifs is 4. The van der Waals surface area contributed by atoms with Crippen molar-refractivity contribution in [2.24, 2.45) is 0 Å². The summed E-state index contributed by atoms with van der Waals surface area (Å²) < 4.78 is 14.2. The Morgan fingerprint density at radius 1 is 1.06 bits per heavy atom. The average molecular weight is 467 g/mol. The number of aromatic nitrogens is 1. The molecule has 4 heterocycles. The minimum absolute atomic E-state index is 0.0454. The normalized spacial score (nSPS) is 23.0. The van der Waals surface area contributed by atoms with Crippen molar-refractivity contribution in [3.63, 3.8) is 0 Å². The molecule has 0 saturated carbocycles. The lowest BCUT2D eigenvalue weighted by Gasteiger charge is -2.36. The van der Waals surface area contributed by atoms with E-state index < -0.39 is 17.9 Å². The molecular formula is C25H24ClFN4O2. The quantitative estimate of drug-likeness (QED) is 0.582. The van der Waals surface area contributed by atoms with Crippen molar-refractivity contribution in [2.45, 2.75) is 31.3 Å². The molecule has 2 fully saturated rings. The molecule has 0 spiro atoms. The van der Waals surface area contributed by atoms with Crippen molar-refractivity contribution >= 4 is 34.4 Å². The van der Waals surface area contributed by atoms with Gasteiger partial charge in [0.25, 0.3) is 5.91 Å².